The predicted octanol–water partition coefficient (Wildman–Crippen LogP) is 2.45. The summed E-state index contributed by atoms with van der Waals surface area (Å²) in [5.74, 6) is 0.757. The fourth-order valence-electron chi connectivity index (χ4n) is 3.17. The molecule has 0 saturated carbocycles. The topological polar surface area (TPSA) is 71.2 Å². The van der Waals surface area contributed by atoms with Crippen LogP contribution in [0.4, 0.5) is 0 Å². The fourth-order valence-corrected chi connectivity index (χ4v) is 3.52. The number of ether oxygens (including phenoxy) is 1. The van der Waals surface area contributed by atoms with Gasteiger partial charge >= 0.3 is 5.97 Å². The van der Waals surface area contributed by atoms with Crippen molar-refractivity contribution < 1.29 is 9.53 Å². The Morgan fingerprint density at radius 3 is 2.85 bits per heavy atom. The van der Waals surface area contributed by atoms with E-state index in [2.05, 4.69) is 38.1 Å². The van der Waals surface area contributed by atoms with Crippen molar-refractivity contribution >= 4 is 33.5 Å². The number of hydrogen-bond acceptors (Lipinski definition) is 4. The lowest BCUT2D eigenvalue weighted by Crippen LogP contribution is -2.46. The molecule has 0 bridgehead atoms. The van der Waals surface area contributed by atoms with Gasteiger partial charge in [0.1, 0.15) is 5.65 Å². The highest BCUT2D eigenvalue weighted by Gasteiger charge is 2.26. The number of likely N-dealkylation sites (tertiary alicyclic amines) is 1. The number of pyridine rings is 1. The number of aliphatic imine (C=N–C) groups is 1. The highest BCUT2D eigenvalue weighted by Crippen LogP contribution is 2.19. The average Bonchev–Trinajstić information content (AvgIpc) is 3.06. The number of nitrogens with one attached hydrogen (secondary N) is 1. The van der Waals surface area contributed by atoms with Crippen LogP contribution in [0.15, 0.2) is 34.0 Å². The minimum Gasteiger partial charge on any atom is -0.469 e. The number of piperidine rings is 1. The van der Waals surface area contributed by atoms with Gasteiger partial charge in [-0.25, -0.2) is 9.98 Å². The number of guanidine groups is 1. The van der Waals surface area contributed by atoms with Crippen LogP contribution >= 0.6 is 15.9 Å². The van der Waals surface area contributed by atoms with Gasteiger partial charge in [-0.3, -0.25) is 4.79 Å². The quantitative estimate of drug-likeness (QED) is 0.466. The zero-order valence-corrected chi connectivity index (χ0v) is 16.7. The maximum Gasteiger partial charge on any atom is 0.308 e. The molecule has 7 nitrogen and oxygen atoms in total. The third-order valence-electron chi connectivity index (χ3n) is 4.52. The Bertz CT molecular complexity index is 796. The SMILES string of the molecule is CCNC(=NCc1cn2cc(Br)ccc2n1)N1CCC(C(=O)OC)CC1. The Labute approximate surface area is 161 Å². The van der Waals surface area contributed by atoms with E-state index in [1.807, 2.05) is 28.9 Å². The summed E-state index contributed by atoms with van der Waals surface area (Å²) in [5, 5.41) is 3.34. The number of carbonyl (C=O) groups is 1. The Morgan fingerprint density at radius 2 is 2.15 bits per heavy atom. The van der Waals surface area contributed by atoms with Crippen molar-refractivity contribution in [3.63, 3.8) is 0 Å². The van der Waals surface area contributed by atoms with Crippen LogP contribution in [0.5, 0.6) is 0 Å². The van der Waals surface area contributed by atoms with Crippen molar-refractivity contribution in [3.8, 4) is 0 Å². The maximum atomic E-state index is 11.7. The second-order valence-electron chi connectivity index (χ2n) is 6.30. The number of hydrogen-bond donors (Lipinski definition) is 1. The summed E-state index contributed by atoms with van der Waals surface area (Å²) < 4.78 is 7.86. The van der Waals surface area contributed by atoms with Crippen LogP contribution in [0.1, 0.15) is 25.5 Å². The normalized spacial score (nSPS) is 16.1. The van der Waals surface area contributed by atoms with Crippen LogP contribution in [0.3, 0.4) is 0 Å². The molecule has 1 aliphatic heterocycles. The number of esters is 1. The number of nitrogens with zero attached hydrogens (tertiary/aromatic N) is 4. The molecular weight excluding hydrogens is 398 g/mol. The lowest BCUT2D eigenvalue weighted by molar-refractivity contribution is -0.146. The molecule has 3 rings (SSSR count). The first kappa shape index (κ1) is 18.7. The van der Waals surface area contributed by atoms with Crippen LogP contribution in [0, 0.1) is 5.92 Å². The van der Waals surface area contributed by atoms with Gasteiger partial charge in [0.15, 0.2) is 5.96 Å². The Hall–Kier alpha value is -2.09. The molecule has 8 heteroatoms. The Morgan fingerprint density at radius 1 is 1.38 bits per heavy atom. The molecule has 3 heterocycles. The first-order chi connectivity index (χ1) is 12.6. The van der Waals surface area contributed by atoms with Gasteiger partial charge in [0.05, 0.1) is 25.3 Å². The highest BCUT2D eigenvalue weighted by molar-refractivity contribution is 9.10. The molecule has 0 atom stereocenters. The molecule has 0 unspecified atom stereocenters. The largest absolute Gasteiger partial charge is 0.469 e. The van der Waals surface area contributed by atoms with E-state index in [0.29, 0.717) is 6.54 Å². The van der Waals surface area contributed by atoms with Crippen molar-refractivity contribution in [2.45, 2.75) is 26.3 Å². The van der Waals surface area contributed by atoms with Gasteiger partial charge in [-0.15, -0.1) is 0 Å². The van der Waals surface area contributed by atoms with Gasteiger partial charge in [-0.05, 0) is 47.8 Å². The summed E-state index contributed by atoms with van der Waals surface area (Å²) in [6, 6.07) is 3.95. The number of halogens is 1. The van der Waals surface area contributed by atoms with Gasteiger partial charge in [0.25, 0.3) is 0 Å². The minimum atomic E-state index is -0.109. The standard InChI is InChI=1S/C18H24BrN5O2/c1-3-20-18(23-8-6-13(7-9-23)17(25)26-2)21-10-15-12-24-11-14(19)4-5-16(24)22-15/h4-5,11-13H,3,6-10H2,1-2H3,(H,20,21). The van der Waals surface area contributed by atoms with Crippen LogP contribution in [0.25, 0.3) is 5.65 Å². The number of imidazole rings is 1. The van der Waals surface area contributed by atoms with Gasteiger partial charge in [0, 0.05) is 36.5 Å². The molecule has 0 spiro atoms. The van der Waals surface area contributed by atoms with E-state index in [9.17, 15) is 4.79 Å². The van der Waals surface area contributed by atoms with Crippen molar-refractivity contribution in [1.29, 1.82) is 0 Å². The van der Waals surface area contributed by atoms with Gasteiger partial charge in [-0.1, -0.05) is 0 Å². The summed E-state index contributed by atoms with van der Waals surface area (Å²) in [6.45, 7) is 4.96. The summed E-state index contributed by atoms with van der Waals surface area (Å²) in [5.41, 5.74) is 1.82. The molecule has 140 valence electrons. The number of aromatic nitrogens is 2. The van der Waals surface area contributed by atoms with Gasteiger partial charge < -0.3 is 19.4 Å². The number of fused-ring (bicyclic) bond motifs is 1. The molecular formula is C18H24BrN5O2. The summed E-state index contributed by atoms with van der Waals surface area (Å²) >= 11 is 3.47. The second kappa shape index (κ2) is 8.53. The van der Waals surface area contributed by atoms with Crippen molar-refractivity contribution in [2.24, 2.45) is 10.9 Å². The third-order valence-corrected chi connectivity index (χ3v) is 4.99. The van der Waals surface area contributed by atoms with E-state index in [0.717, 1.165) is 54.2 Å². The van der Waals surface area contributed by atoms with Crippen molar-refractivity contribution in [2.75, 3.05) is 26.7 Å². The van der Waals surface area contributed by atoms with E-state index in [1.165, 1.54) is 7.11 Å². The highest BCUT2D eigenvalue weighted by atomic mass is 79.9. The van der Waals surface area contributed by atoms with E-state index in [-0.39, 0.29) is 11.9 Å². The molecule has 0 aliphatic carbocycles. The van der Waals surface area contributed by atoms with Crippen molar-refractivity contribution in [3.05, 3.63) is 34.7 Å². The minimum absolute atomic E-state index is 0.00369. The monoisotopic (exact) mass is 421 g/mol. The zero-order chi connectivity index (χ0) is 18.5. The maximum absolute atomic E-state index is 11.7. The summed E-state index contributed by atoms with van der Waals surface area (Å²) in [4.78, 5) is 23.2. The van der Waals surface area contributed by atoms with Crippen molar-refractivity contribution in [1.82, 2.24) is 19.6 Å². The zero-order valence-electron chi connectivity index (χ0n) is 15.1. The third kappa shape index (κ3) is 4.35. The number of methoxy groups -OCH3 is 1. The van der Waals surface area contributed by atoms with E-state index < -0.39 is 0 Å². The molecule has 2 aromatic heterocycles. The molecule has 0 radical (unpaired) electrons. The molecule has 2 aromatic rings. The van der Waals surface area contributed by atoms with E-state index in [4.69, 9.17) is 9.73 Å². The number of carbonyl (C=O) groups excluding carboxylic acids is 1. The predicted molar refractivity (Wildman–Crippen MR) is 104 cm³/mol. The Kier molecular flexibility index (Phi) is 6.13. The fraction of sp³-hybridized carbons (Fsp3) is 0.500. The lowest BCUT2D eigenvalue weighted by atomic mass is 9.97. The lowest BCUT2D eigenvalue weighted by Gasteiger charge is -2.33. The Balaban J connectivity index is 1.67. The van der Waals surface area contributed by atoms with Crippen LogP contribution in [-0.2, 0) is 16.1 Å². The summed E-state index contributed by atoms with van der Waals surface area (Å²) in [6.07, 6.45) is 5.56. The van der Waals surface area contributed by atoms with Crippen LogP contribution in [0.2, 0.25) is 0 Å². The van der Waals surface area contributed by atoms with E-state index in [1.54, 1.807) is 0 Å². The molecule has 0 aromatic carbocycles. The molecule has 1 N–H and O–H groups in total. The first-order valence-electron chi connectivity index (χ1n) is 8.85. The van der Waals surface area contributed by atoms with Crippen LogP contribution < -0.4 is 5.32 Å². The van der Waals surface area contributed by atoms with Gasteiger partial charge in [-0.2, -0.15) is 0 Å². The second-order valence-corrected chi connectivity index (χ2v) is 7.22. The smallest absolute Gasteiger partial charge is 0.308 e. The van der Waals surface area contributed by atoms with Crippen LogP contribution in [-0.4, -0.2) is 53.0 Å². The molecule has 1 fully saturated rings. The molecule has 0 amide bonds. The molecule has 1 saturated heterocycles. The average molecular weight is 422 g/mol. The first-order valence-corrected chi connectivity index (χ1v) is 9.64. The number of rotatable bonds is 4. The summed E-state index contributed by atoms with van der Waals surface area (Å²) in [7, 11) is 1.45. The molecule has 26 heavy (non-hydrogen) atoms. The molecule has 1 aliphatic rings. The van der Waals surface area contributed by atoms with E-state index >= 15 is 0 Å². The van der Waals surface area contributed by atoms with Gasteiger partial charge in [0.2, 0.25) is 0 Å².